The van der Waals surface area contributed by atoms with Crippen LogP contribution < -0.4 is 18.9 Å². The molecule has 0 heterocycles. The van der Waals surface area contributed by atoms with Gasteiger partial charge in [0.1, 0.15) is 0 Å². The Balaban J connectivity index is 0. The molecule has 0 aromatic heterocycles. The van der Waals surface area contributed by atoms with Crippen LogP contribution in [0, 0.1) is 0 Å². The monoisotopic (exact) mass is 275 g/mol. The van der Waals surface area contributed by atoms with Gasteiger partial charge in [-0.1, -0.05) is 39.3 Å². The van der Waals surface area contributed by atoms with Crippen molar-refractivity contribution in [1.29, 1.82) is 0 Å². The second-order valence-corrected chi connectivity index (χ2v) is 18.6. The van der Waals surface area contributed by atoms with Gasteiger partial charge in [-0.2, -0.15) is 0 Å². The average Bonchev–Trinajstić information content (AvgIpc) is 1.75. The second kappa shape index (κ2) is 6.18. The molecule has 92 valence electrons. The van der Waals surface area contributed by atoms with Gasteiger partial charge in [0.2, 0.25) is 0 Å². The fourth-order valence-corrected chi connectivity index (χ4v) is 7.42. The summed E-state index contributed by atoms with van der Waals surface area (Å²) in [5, 5.41) is 0. The molecular formula is C8H22LiNO3SSi2. The maximum absolute atomic E-state index is 11.1. The molecule has 0 aliphatic carbocycles. The maximum Gasteiger partial charge on any atom is 1.00 e. The second-order valence-electron chi connectivity index (χ2n) is 6.35. The van der Waals surface area contributed by atoms with Gasteiger partial charge in [0, 0.05) is 12.3 Å². The molecule has 0 atom stereocenters. The molecule has 0 radical (unpaired) electrons. The molecule has 8 heteroatoms. The Morgan fingerprint density at radius 2 is 1.19 bits per heavy atom. The van der Waals surface area contributed by atoms with Crippen LogP contribution in [0.3, 0.4) is 0 Å². The summed E-state index contributed by atoms with van der Waals surface area (Å²) in [6, 6.07) is 0. The average molecular weight is 275 g/mol. The Kier molecular flexibility index (Phi) is 7.43. The van der Waals surface area contributed by atoms with Crippen molar-refractivity contribution in [3.8, 4) is 0 Å². The number of nitrogens with zero attached hydrogens (tertiary/aromatic N) is 1. The summed E-state index contributed by atoms with van der Waals surface area (Å²) in [5.74, 6) is 0. The van der Waals surface area contributed by atoms with Gasteiger partial charge >= 0.3 is 18.9 Å². The van der Waals surface area contributed by atoms with Crippen molar-refractivity contribution in [2.75, 3.05) is 12.3 Å². The minimum absolute atomic E-state index is 0. The molecule has 0 amide bonds. The molecule has 0 unspecified atom stereocenters. The van der Waals surface area contributed by atoms with Crippen LogP contribution in [-0.2, 0) is 10.3 Å². The SMILES string of the molecule is C[Si](C)(C)CN(C[Si](C)(C)C)S(=O)(=O)[O-].[Li+]. The summed E-state index contributed by atoms with van der Waals surface area (Å²) < 4.78 is 34.4. The zero-order valence-electron chi connectivity index (χ0n) is 11.5. The molecule has 0 fully saturated rings. The van der Waals surface area contributed by atoms with Crippen molar-refractivity contribution in [2.24, 2.45) is 0 Å². The summed E-state index contributed by atoms with van der Waals surface area (Å²) in [6.07, 6.45) is 0.867. The van der Waals surface area contributed by atoms with Crippen LogP contribution >= 0.6 is 0 Å². The molecule has 4 nitrogen and oxygen atoms in total. The van der Waals surface area contributed by atoms with E-state index in [1.807, 2.05) is 0 Å². The summed E-state index contributed by atoms with van der Waals surface area (Å²) in [5.41, 5.74) is 0. The van der Waals surface area contributed by atoms with E-state index in [2.05, 4.69) is 39.3 Å². The van der Waals surface area contributed by atoms with Crippen molar-refractivity contribution in [2.45, 2.75) is 39.3 Å². The third-order valence-electron chi connectivity index (χ3n) is 1.62. The molecule has 0 saturated heterocycles. The molecule has 0 saturated carbocycles. The number of rotatable bonds is 5. The van der Waals surface area contributed by atoms with E-state index in [1.54, 1.807) is 0 Å². The Morgan fingerprint density at radius 3 is 1.31 bits per heavy atom. The Bertz CT molecular complexity index is 292. The van der Waals surface area contributed by atoms with Gasteiger partial charge in [0.15, 0.2) is 10.3 Å². The predicted molar refractivity (Wildman–Crippen MR) is 68.0 cm³/mol. The van der Waals surface area contributed by atoms with Gasteiger partial charge in [-0.05, 0) is 0 Å². The van der Waals surface area contributed by atoms with Gasteiger partial charge in [0.25, 0.3) is 0 Å². The largest absolute Gasteiger partial charge is 1.00 e. The van der Waals surface area contributed by atoms with Gasteiger partial charge in [-0.3, -0.25) is 0 Å². The van der Waals surface area contributed by atoms with Gasteiger partial charge in [-0.25, -0.2) is 12.7 Å². The minimum atomic E-state index is -4.28. The van der Waals surface area contributed by atoms with Crippen LogP contribution in [0.15, 0.2) is 0 Å². The third kappa shape index (κ3) is 10.1. The maximum atomic E-state index is 11.1. The number of hydrogen-bond acceptors (Lipinski definition) is 3. The van der Waals surface area contributed by atoms with Crippen LogP contribution in [-0.4, -0.2) is 45.8 Å². The van der Waals surface area contributed by atoms with Crippen LogP contribution in [0.25, 0.3) is 0 Å². The molecule has 0 aliphatic rings. The Morgan fingerprint density at radius 1 is 0.938 bits per heavy atom. The standard InChI is InChI=1S/C8H23NO3SSi2.Li/c1-14(2,3)7-9(13(10,11)12)8-15(4,5)6;/h7-8H2,1-6H3,(H,10,11,12);/q;+1/p-1. The van der Waals surface area contributed by atoms with E-state index < -0.39 is 26.5 Å². The van der Waals surface area contributed by atoms with E-state index in [9.17, 15) is 13.0 Å². The molecule has 0 aliphatic heterocycles. The minimum Gasteiger partial charge on any atom is -0.735 e. The fraction of sp³-hybridized carbons (Fsp3) is 1.00. The van der Waals surface area contributed by atoms with E-state index >= 15 is 0 Å². The molecule has 0 aromatic carbocycles. The first kappa shape index (κ1) is 19.2. The van der Waals surface area contributed by atoms with E-state index in [1.165, 1.54) is 0 Å². The zero-order valence-corrected chi connectivity index (χ0v) is 14.3. The normalized spacial score (nSPS) is 13.8. The van der Waals surface area contributed by atoms with Crippen LogP contribution in [0.5, 0.6) is 0 Å². The summed E-state index contributed by atoms with van der Waals surface area (Å²) in [4.78, 5) is 0. The first-order chi connectivity index (χ1) is 6.31. The molecule has 0 aromatic rings. The quantitative estimate of drug-likeness (QED) is 0.453. The zero-order chi connectivity index (χ0) is 12.5. The van der Waals surface area contributed by atoms with Gasteiger partial charge in [0.05, 0.1) is 16.1 Å². The molecular weight excluding hydrogens is 253 g/mol. The third-order valence-corrected chi connectivity index (χ3v) is 5.63. The Hall–Kier alpha value is 0.901. The van der Waals surface area contributed by atoms with E-state index in [4.69, 9.17) is 0 Å². The van der Waals surface area contributed by atoms with Gasteiger partial charge in [-0.15, -0.1) is 0 Å². The predicted octanol–water partition coefficient (Wildman–Crippen LogP) is -1.49. The van der Waals surface area contributed by atoms with Crippen molar-refractivity contribution in [3.05, 3.63) is 0 Å². The van der Waals surface area contributed by atoms with Crippen LogP contribution in [0.2, 0.25) is 39.3 Å². The summed E-state index contributed by atoms with van der Waals surface area (Å²) in [7, 11) is -7.40. The molecule has 0 spiro atoms. The summed E-state index contributed by atoms with van der Waals surface area (Å²) >= 11 is 0. The van der Waals surface area contributed by atoms with Gasteiger partial charge < -0.3 is 4.55 Å². The molecule has 16 heavy (non-hydrogen) atoms. The van der Waals surface area contributed by atoms with Crippen molar-refractivity contribution < 1.29 is 31.8 Å². The Labute approximate surface area is 114 Å². The van der Waals surface area contributed by atoms with E-state index in [0.29, 0.717) is 12.3 Å². The first-order valence-corrected chi connectivity index (χ1v) is 13.8. The smallest absolute Gasteiger partial charge is 0.735 e. The number of hydrogen-bond donors (Lipinski definition) is 0. The fourth-order valence-electron chi connectivity index (χ4n) is 1.27. The van der Waals surface area contributed by atoms with E-state index in [0.717, 1.165) is 4.31 Å². The van der Waals surface area contributed by atoms with Crippen LogP contribution in [0.4, 0.5) is 0 Å². The van der Waals surface area contributed by atoms with Crippen LogP contribution in [0.1, 0.15) is 0 Å². The first-order valence-electron chi connectivity index (χ1n) is 5.02. The van der Waals surface area contributed by atoms with Crippen molar-refractivity contribution in [1.82, 2.24) is 4.31 Å². The summed E-state index contributed by atoms with van der Waals surface area (Å²) in [6.45, 7) is 12.4. The van der Waals surface area contributed by atoms with E-state index in [-0.39, 0.29) is 18.9 Å². The van der Waals surface area contributed by atoms with Crippen molar-refractivity contribution in [3.63, 3.8) is 0 Å². The molecule has 0 bridgehead atoms. The van der Waals surface area contributed by atoms with Crippen molar-refractivity contribution >= 4 is 26.5 Å². The molecule has 0 N–H and O–H groups in total. The molecule has 0 rings (SSSR count). The topological polar surface area (TPSA) is 60.4 Å².